The summed E-state index contributed by atoms with van der Waals surface area (Å²) in [7, 11) is 1.96. The maximum atomic E-state index is 12.9. The molecule has 0 spiro atoms. The van der Waals surface area contributed by atoms with Crippen LogP contribution in [0, 0.1) is 13.8 Å². The van der Waals surface area contributed by atoms with Crippen molar-refractivity contribution < 1.29 is 0 Å². The number of fused-ring (bicyclic) bond motifs is 1. The average molecular weight is 359 g/mol. The second kappa shape index (κ2) is 6.20. The highest BCUT2D eigenvalue weighted by Gasteiger charge is 2.34. The molecule has 0 saturated heterocycles. The van der Waals surface area contributed by atoms with Crippen LogP contribution in [0.25, 0.3) is 0 Å². The van der Waals surface area contributed by atoms with Gasteiger partial charge in [0, 0.05) is 18.3 Å². The van der Waals surface area contributed by atoms with E-state index < -0.39 is 0 Å². The van der Waals surface area contributed by atoms with Gasteiger partial charge >= 0.3 is 0 Å². The van der Waals surface area contributed by atoms with Gasteiger partial charge in [0.25, 0.3) is 5.56 Å². The van der Waals surface area contributed by atoms with Gasteiger partial charge in [-0.2, -0.15) is 5.10 Å². The minimum Gasteiger partial charge on any atom is -0.272 e. The molecular weight excluding hydrogens is 334 g/mol. The maximum Gasteiger partial charge on any atom is 0.271 e. The summed E-state index contributed by atoms with van der Waals surface area (Å²) in [6.07, 6.45) is 5.98. The molecule has 0 unspecified atom stereocenters. The SMILES string of the molecule is CC1=Nc2c(c(=O)[nH]n2C2CCCCC2)[C@H](c2c(C)nn(C)c2C)S1. The molecule has 7 heteroatoms. The van der Waals surface area contributed by atoms with E-state index in [2.05, 4.69) is 17.1 Å². The molecule has 3 heterocycles. The van der Waals surface area contributed by atoms with Crippen LogP contribution < -0.4 is 5.56 Å². The lowest BCUT2D eigenvalue weighted by Crippen LogP contribution is -2.16. The van der Waals surface area contributed by atoms with Crippen molar-refractivity contribution in [3.8, 4) is 0 Å². The molecular formula is C18H25N5OS. The van der Waals surface area contributed by atoms with E-state index in [9.17, 15) is 4.79 Å². The predicted molar refractivity (Wildman–Crippen MR) is 102 cm³/mol. The fourth-order valence-electron chi connectivity index (χ4n) is 4.19. The molecule has 2 aromatic rings. The molecule has 0 amide bonds. The van der Waals surface area contributed by atoms with Crippen LogP contribution in [0.5, 0.6) is 0 Å². The Morgan fingerprint density at radius 2 is 1.84 bits per heavy atom. The number of aliphatic imine (C=N–C) groups is 1. The molecule has 4 rings (SSSR count). The Morgan fingerprint density at radius 1 is 1.12 bits per heavy atom. The first-order valence-corrected chi connectivity index (χ1v) is 9.91. The van der Waals surface area contributed by atoms with Crippen molar-refractivity contribution in [2.45, 2.75) is 64.2 Å². The molecule has 0 radical (unpaired) electrons. The van der Waals surface area contributed by atoms with E-state index >= 15 is 0 Å². The Hall–Kier alpha value is -1.76. The minimum atomic E-state index is -0.0326. The van der Waals surface area contributed by atoms with Crippen molar-refractivity contribution in [3.05, 3.63) is 32.9 Å². The van der Waals surface area contributed by atoms with Crippen LogP contribution >= 0.6 is 11.8 Å². The molecule has 0 aromatic carbocycles. The summed E-state index contributed by atoms with van der Waals surface area (Å²) in [6.45, 7) is 6.13. The fraction of sp³-hybridized carbons (Fsp3) is 0.611. The summed E-state index contributed by atoms with van der Waals surface area (Å²) in [5.74, 6) is 0.834. The first-order valence-electron chi connectivity index (χ1n) is 9.03. The van der Waals surface area contributed by atoms with E-state index in [0.717, 1.165) is 46.2 Å². The van der Waals surface area contributed by atoms with Crippen molar-refractivity contribution in [1.29, 1.82) is 0 Å². The molecule has 1 fully saturated rings. The summed E-state index contributed by atoms with van der Waals surface area (Å²) in [5, 5.41) is 8.63. The molecule has 134 valence electrons. The van der Waals surface area contributed by atoms with Crippen molar-refractivity contribution >= 4 is 22.6 Å². The normalized spacial score (nSPS) is 21.3. The number of aromatic amines is 1. The van der Waals surface area contributed by atoms with E-state index in [1.165, 1.54) is 19.3 Å². The number of aryl methyl sites for hydroxylation is 2. The summed E-state index contributed by atoms with van der Waals surface area (Å²) < 4.78 is 3.95. The third kappa shape index (κ3) is 2.69. The van der Waals surface area contributed by atoms with Crippen LogP contribution in [0.1, 0.15) is 72.8 Å². The number of thioether (sulfide) groups is 1. The highest BCUT2D eigenvalue weighted by Crippen LogP contribution is 2.46. The monoisotopic (exact) mass is 359 g/mol. The largest absolute Gasteiger partial charge is 0.272 e. The van der Waals surface area contributed by atoms with Gasteiger partial charge in [0.1, 0.15) is 0 Å². The van der Waals surface area contributed by atoms with Gasteiger partial charge in [-0.3, -0.25) is 19.3 Å². The lowest BCUT2D eigenvalue weighted by molar-refractivity contribution is 0.331. The molecule has 1 aliphatic heterocycles. The van der Waals surface area contributed by atoms with Crippen LogP contribution in [-0.2, 0) is 7.05 Å². The first-order chi connectivity index (χ1) is 12.0. The van der Waals surface area contributed by atoms with Gasteiger partial charge in [0.05, 0.1) is 27.6 Å². The maximum absolute atomic E-state index is 12.9. The summed E-state index contributed by atoms with van der Waals surface area (Å²) in [4.78, 5) is 17.6. The average Bonchev–Trinajstić information content (AvgIpc) is 3.04. The zero-order valence-electron chi connectivity index (χ0n) is 15.3. The summed E-state index contributed by atoms with van der Waals surface area (Å²) in [5.41, 5.74) is 4.04. The summed E-state index contributed by atoms with van der Waals surface area (Å²) in [6, 6.07) is 0.363. The summed E-state index contributed by atoms with van der Waals surface area (Å²) >= 11 is 1.66. The van der Waals surface area contributed by atoms with Gasteiger partial charge in [-0.05, 0) is 33.6 Å². The van der Waals surface area contributed by atoms with Crippen LogP contribution in [0.3, 0.4) is 0 Å². The lowest BCUT2D eigenvalue weighted by Gasteiger charge is -2.26. The number of hydrogen-bond acceptors (Lipinski definition) is 4. The Labute approximate surface area is 151 Å². The topological polar surface area (TPSA) is 68.0 Å². The Morgan fingerprint density at radius 3 is 2.48 bits per heavy atom. The van der Waals surface area contributed by atoms with Crippen molar-refractivity contribution in [1.82, 2.24) is 19.6 Å². The molecule has 1 atom stereocenters. The van der Waals surface area contributed by atoms with E-state index in [-0.39, 0.29) is 10.8 Å². The number of rotatable bonds is 2. The van der Waals surface area contributed by atoms with Gasteiger partial charge in [0.15, 0.2) is 5.82 Å². The van der Waals surface area contributed by atoms with Gasteiger partial charge < -0.3 is 0 Å². The third-order valence-corrected chi connectivity index (χ3v) is 6.66. The number of H-pyrrole nitrogens is 1. The fourth-order valence-corrected chi connectivity index (χ4v) is 5.45. The zero-order chi connectivity index (χ0) is 17.7. The number of hydrogen-bond donors (Lipinski definition) is 1. The molecule has 0 bridgehead atoms. The van der Waals surface area contributed by atoms with Gasteiger partial charge in [0.2, 0.25) is 0 Å². The Bertz CT molecular complexity index is 897. The molecule has 25 heavy (non-hydrogen) atoms. The van der Waals surface area contributed by atoms with Crippen LogP contribution in [0.2, 0.25) is 0 Å². The standard InChI is InChI=1S/C18H25N5OS/c1-10-14(11(2)22(4)20-10)16-15-17(19-12(3)25-16)23(21-18(15)24)13-8-6-5-7-9-13/h13,16H,5-9H2,1-4H3,(H,21,24)/t16-/m0/s1. The van der Waals surface area contributed by atoms with Crippen molar-refractivity contribution in [2.75, 3.05) is 0 Å². The number of nitrogens with one attached hydrogen (secondary N) is 1. The second-order valence-electron chi connectivity index (χ2n) is 7.18. The first kappa shape index (κ1) is 16.7. The van der Waals surface area contributed by atoms with E-state index in [4.69, 9.17) is 4.99 Å². The zero-order valence-corrected chi connectivity index (χ0v) is 16.1. The Balaban J connectivity index is 1.87. The van der Waals surface area contributed by atoms with Crippen LogP contribution in [0.4, 0.5) is 5.82 Å². The molecule has 1 N–H and O–H groups in total. The third-order valence-electron chi connectivity index (χ3n) is 5.52. The quantitative estimate of drug-likeness (QED) is 0.884. The van der Waals surface area contributed by atoms with E-state index in [1.54, 1.807) is 11.8 Å². The number of aromatic nitrogens is 4. The molecule has 2 aromatic heterocycles. The second-order valence-corrected chi connectivity index (χ2v) is 8.47. The lowest BCUT2D eigenvalue weighted by atomic mass is 9.95. The number of nitrogens with zero attached hydrogens (tertiary/aromatic N) is 4. The highest BCUT2D eigenvalue weighted by molar-refractivity contribution is 8.14. The van der Waals surface area contributed by atoms with E-state index in [0.29, 0.717) is 6.04 Å². The smallest absolute Gasteiger partial charge is 0.271 e. The van der Waals surface area contributed by atoms with E-state index in [1.807, 2.05) is 30.3 Å². The minimum absolute atomic E-state index is 0.00280. The van der Waals surface area contributed by atoms with Gasteiger partial charge in [-0.1, -0.05) is 31.0 Å². The predicted octanol–water partition coefficient (Wildman–Crippen LogP) is 3.92. The van der Waals surface area contributed by atoms with Crippen molar-refractivity contribution in [3.63, 3.8) is 0 Å². The molecule has 6 nitrogen and oxygen atoms in total. The highest BCUT2D eigenvalue weighted by atomic mass is 32.2. The molecule has 2 aliphatic rings. The molecule has 1 aliphatic carbocycles. The van der Waals surface area contributed by atoms with Crippen LogP contribution in [0.15, 0.2) is 9.79 Å². The van der Waals surface area contributed by atoms with Crippen LogP contribution in [-0.4, -0.2) is 24.6 Å². The Kier molecular flexibility index (Phi) is 4.14. The van der Waals surface area contributed by atoms with Crippen molar-refractivity contribution in [2.24, 2.45) is 12.0 Å². The van der Waals surface area contributed by atoms with Gasteiger partial charge in [-0.15, -0.1) is 0 Å². The van der Waals surface area contributed by atoms with Gasteiger partial charge in [-0.25, -0.2) is 4.99 Å². The molecule has 1 saturated carbocycles.